The number of benzene rings is 1. The number of anilines is 1. The molecule has 142 valence electrons. The van der Waals surface area contributed by atoms with E-state index in [1.54, 1.807) is 6.92 Å². The van der Waals surface area contributed by atoms with E-state index in [-0.39, 0.29) is 23.4 Å². The molecule has 1 aromatic heterocycles. The topological polar surface area (TPSA) is 92.1 Å². The van der Waals surface area contributed by atoms with Crippen molar-refractivity contribution in [1.29, 1.82) is 5.26 Å². The average Bonchev–Trinajstić information content (AvgIpc) is 2.89. The van der Waals surface area contributed by atoms with Crippen LogP contribution in [0.4, 0.5) is 10.1 Å². The summed E-state index contributed by atoms with van der Waals surface area (Å²) in [6, 6.07) is 4.85. The van der Waals surface area contributed by atoms with Crippen LogP contribution in [0.2, 0.25) is 0 Å². The lowest BCUT2D eigenvalue weighted by Crippen LogP contribution is -2.45. The Morgan fingerprint density at radius 2 is 2.26 bits per heavy atom. The van der Waals surface area contributed by atoms with E-state index in [1.165, 1.54) is 18.3 Å². The largest absolute Gasteiger partial charge is 0.380 e. The molecule has 2 atom stereocenters. The van der Waals surface area contributed by atoms with Crippen molar-refractivity contribution in [2.45, 2.75) is 37.8 Å². The van der Waals surface area contributed by atoms with E-state index in [4.69, 9.17) is 4.74 Å². The molecule has 0 saturated carbocycles. The van der Waals surface area contributed by atoms with Gasteiger partial charge in [0.1, 0.15) is 11.9 Å². The molecule has 1 N–H and O–H groups in total. The van der Waals surface area contributed by atoms with Crippen molar-refractivity contribution in [1.82, 2.24) is 4.98 Å². The van der Waals surface area contributed by atoms with E-state index < -0.39 is 15.4 Å². The number of nitrogens with zero attached hydrogens (tertiary/aromatic N) is 2. The van der Waals surface area contributed by atoms with E-state index in [9.17, 15) is 18.1 Å². The zero-order chi connectivity index (χ0) is 19.2. The number of aryl methyl sites for hydroxylation is 1. The molecule has 2 aliphatic heterocycles. The van der Waals surface area contributed by atoms with Gasteiger partial charge >= 0.3 is 0 Å². The first-order valence-corrected chi connectivity index (χ1v) is 10.7. The minimum atomic E-state index is -3.07. The van der Waals surface area contributed by atoms with Gasteiger partial charge in [-0.2, -0.15) is 5.26 Å². The van der Waals surface area contributed by atoms with Gasteiger partial charge < -0.3 is 10.1 Å². The molecule has 0 aliphatic carbocycles. The molecule has 0 radical (unpaired) electrons. The van der Waals surface area contributed by atoms with E-state index in [0.29, 0.717) is 53.6 Å². The lowest BCUT2D eigenvalue weighted by Gasteiger charge is -2.38. The molecule has 4 rings (SSSR count). The van der Waals surface area contributed by atoms with E-state index in [2.05, 4.69) is 16.4 Å². The molecule has 27 heavy (non-hydrogen) atoms. The van der Waals surface area contributed by atoms with Crippen LogP contribution in [0.5, 0.6) is 0 Å². The lowest BCUT2D eigenvalue weighted by molar-refractivity contribution is -0.0631. The number of nitriles is 1. The number of hydrogen-bond donors (Lipinski definition) is 1. The summed E-state index contributed by atoms with van der Waals surface area (Å²) in [5, 5.41) is 13.4. The van der Waals surface area contributed by atoms with Crippen molar-refractivity contribution in [2.24, 2.45) is 0 Å². The number of pyridine rings is 1. The number of sulfone groups is 1. The summed E-state index contributed by atoms with van der Waals surface area (Å²) in [4.78, 5) is 4.30. The van der Waals surface area contributed by atoms with Gasteiger partial charge in [-0.25, -0.2) is 12.8 Å². The highest BCUT2D eigenvalue weighted by Gasteiger charge is 2.46. The fourth-order valence-electron chi connectivity index (χ4n) is 4.19. The summed E-state index contributed by atoms with van der Waals surface area (Å²) in [5.41, 5.74) is 1.57. The minimum Gasteiger partial charge on any atom is -0.380 e. The van der Waals surface area contributed by atoms with Crippen LogP contribution in [-0.4, -0.2) is 43.2 Å². The second kappa shape index (κ2) is 6.43. The van der Waals surface area contributed by atoms with E-state index in [0.717, 1.165) is 0 Å². The van der Waals surface area contributed by atoms with E-state index in [1.807, 2.05) is 0 Å². The molecule has 3 heterocycles. The summed E-state index contributed by atoms with van der Waals surface area (Å²) in [6.45, 7) is 2.23. The van der Waals surface area contributed by atoms with Crippen molar-refractivity contribution < 1.29 is 17.5 Å². The molecule has 2 aliphatic rings. The van der Waals surface area contributed by atoms with Gasteiger partial charge in [0, 0.05) is 24.2 Å². The molecule has 2 aromatic rings. The quantitative estimate of drug-likeness (QED) is 0.849. The predicted octanol–water partition coefficient (Wildman–Crippen LogP) is 2.70. The molecule has 2 fully saturated rings. The summed E-state index contributed by atoms with van der Waals surface area (Å²) >= 11 is 0. The third kappa shape index (κ3) is 3.37. The maximum absolute atomic E-state index is 14.0. The Balaban J connectivity index is 1.70. The van der Waals surface area contributed by atoms with Gasteiger partial charge in [-0.05, 0) is 43.9 Å². The normalized spacial score (nSPS) is 26.9. The van der Waals surface area contributed by atoms with Crippen molar-refractivity contribution in [3.63, 3.8) is 0 Å². The number of fused-ring (bicyclic) bond motifs is 1. The van der Waals surface area contributed by atoms with Crippen LogP contribution in [0.25, 0.3) is 10.9 Å². The van der Waals surface area contributed by atoms with Crippen LogP contribution in [0.3, 0.4) is 0 Å². The summed E-state index contributed by atoms with van der Waals surface area (Å²) in [5.74, 6) is -0.204. The Kier molecular flexibility index (Phi) is 4.32. The van der Waals surface area contributed by atoms with Crippen LogP contribution in [-0.2, 0) is 14.6 Å². The summed E-state index contributed by atoms with van der Waals surface area (Å²) in [6.07, 6.45) is 3.20. The van der Waals surface area contributed by atoms with Crippen LogP contribution in [0.1, 0.15) is 30.4 Å². The summed E-state index contributed by atoms with van der Waals surface area (Å²) in [7, 11) is -3.07. The standard InChI is InChI=1S/C19H20FN3O3S/c1-12-6-14(20)7-16-17(12)22-10-13(9-21)18(16)23-15-2-4-26-19(8-15)3-5-27(24,25)11-19/h6-7,10,15H,2-5,8,11H2,1H3,(H,22,23)/t15-,19+/m0/s1. The fourth-order valence-corrected chi connectivity index (χ4v) is 6.17. The van der Waals surface area contributed by atoms with Crippen LogP contribution < -0.4 is 5.32 Å². The molecule has 6 nitrogen and oxygen atoms in total. The number of aromatic nitrogens is 1. The summed E-state index contributed by atoms with van der Waals surface area (Å²) < 4.78 is 43.7. The third-order valence-corrected chi connectivity index (χ3v) is 7.23. The zero-order valence-corrected chi connectivity index (χ0v) is 15.8. The highest BCUT2D eigenvalue weighted by atomic mass is 32.2. The van der Waals surface area contributed by atoms with Gasteiger partial charge in [-0.15, -0.1) is 0 Å². The van der Waals surface area contributed by atoms with Crippen molar-refractivity contribution in [2.75, 3.05) is 23.4 Å². The Hall–Kier alpha value is -2.24. The number of rotatable bonds is 2. The minimum absolute atomic E-state index is 0.0358. The van der Waals surface area contributed by atoms with Gasteiger partial charge in [-0.1, -0.05) is 0 Å². The number of ether oxygens (including phenoxy) is 1. The molecule has 2 saturated heterocycles. The molecule has 1 spiro atoms. The Bertz CT molecular complexity index is 1060. The number of halogens is 1. The molecule has 0 bridgehead atoms. The maximum Gasteiger partial charge on any atom is 0.153 e. The SMILES string of the molecule is Cc1cc(F)cc2c(N[C@H]3CCO[C@]4(CCS(=O)(=O)C4)C3)c(C#N)cnc12. The molecule has 8 heteroatoms. The number of hydrogen-bond acceptors (Lipinski definition) is 6. The van der Waals surface area contributed by atoms with Crippen LogP contribution in [0, 0.1) is 24.1 Å². The van der Waals surface area contributed by atoms with Crippen LogP contribution >= 0.6 is 0 Å². The molecule has 0 unspecified atom stereocenters. The van der Waals surface area contributed by atoms with Gasteiger partial charge in [0.2, 0.25) is 0 Å². The van der Waals surface area contributed by atoms with Crippen molar-refractivity contribution in [3.05, 3.63) is 35.3 Å². The highest BCUT2D eigenvalue weighted by molar-refractivity contribution is 7.91. The highest BCUT2D eigenvalue weighted by Crippen LogP contribution is 2.38. The second-order valence-corrected chi connectivity index (χ2v) is 9.67. The van der Waals surface area contributed by atoms with E-state index >= 15 is 0 Å². The average molecular weight is 389 g/mol. The monoisotopic (exact) mass is 389 g/mol. The predicted molar refractivity (Wildman–Crippen MR) is 99.8 cm³/mol. The van der Waals surface area contributed by atoms with Crippen molar-refractivity contribution in [3.8, 4) is 6.07 Å². The van der Waals surface area contributed by atoms with Gasteiger partial charge in [0.15, 0.2) is 9.84 Å². The van der Waals surface area contributed by atoms with Gasteiger partial charge in [-0.3, -0.25) is 4.98 Å². The molecule has 1 aromatic carbocycles. The Labute approximate surface area is 157 Å². The first-order chi connectivity index (χ1) is 12.8. The zero-order valence-electron chi connectivity index (χ0n) is 15.0. The van der Waals surface area contributed by atoms with Crippen molar-refractivity contribution >= 4 is 26.4 Å². The molecule has 0 amide bonds. The number of nitrogens with one attached hydrogen (secondary N) is 1. The van der Waals surface area contributed by atoms with Gasteiger partial charge in [0.25, 0.3) is 0 Å². The van der Waals surface area contributed by atoms with Crippen LogP contribution in [0.15, 0.2) is 18.3 Å². The first kappa shape index (κ1) is 18.1. The first-order valence-electron chi connectivity index (χ1n) is 8.91. The fraction of sp³-hybridized carbons (Fsp3) is 0.474. The molecular formula is C19H20FN3O3S. The maximum atomic E-state index is 14.0. The third-order valence-electron chi connectivity index (χ3n) is 5.44. The lowest BCUT2D eigenvalue weighted by atomic mass is 9.89. The Morgan fingerprint density at radius 3 is 2.96 bits per heavy atom. The molecular weight excluding hydrogens is 369 g/mol. The smallest absolute Gasteiger partial charge is 0.153 e. The second-order valence-electron chi connectivity index (χ2n) is 7.49. The van der Waals surface area contributed by atoms with Gasteiger partial charge in [0.05, 0.1) is 33.9 Å². The Morgan fingerprint density at radius 1 is 1.44 bits per heavy atom.